The molecule has 1 fully saturated rings. The highest BCUT2D eigenvalue weighted by Crippen LogP contribution is 2.39. The summed E-state index contributed by atoms with van der Waals surface area (Å²) >= 11 is 0. The number of carbonyl (C=O) groups is 1. The van der Waals surface area contributed by atoms with Gasteiger partial charge >= 0.3 is 6.18 Å². The Labute approximate surface area is 95.1 Å². The SMILES string of the molecule is COc1ccc(C(=O)C2OC2C(F)(F)F)cc1. The molecule has 1 aromatic rings. The molecule has 2 unspecified atom stereocenters. The zero-order valence-electron chi connectivity index (χ0n) is 8.82. The van der Waals surface area contributed by atoms with E-state index in [9.17, 15) is 18.0 Å². The number of epoxide rings is 1. The largest absolute Gasteiger partial charge is 0.497 e. The Balaban J connectivity index is 2.06. The molecule has 2 atom stereocenters. The Hall–Kier alpha value is -1.56. The standard InChI is InChI=1S/C11H9F3O3/c1-16-7-4-2-6(3-5-7)8(15)9-10(17-9)11(12,13)14/h2-5,9-10H,1H3. The monoisotopic (exact) mass is 246 g/mol. The highest BCUT2D eigenvalue weighted by Gasteiger charge is 2.61. The van der Waals surface area contributed by atoms with Crippen molar-refractivity contribution < 1.29 is 27.4 Å². The average Bonchev–Trinajstić information content (AvgIpc) is 3.08. The van der Waals surface area contributed by atoms with Crippen molar-refractivity contribution in [2.45, 2.75) is 18.4 Å². The minimum atomic E-state index is -4.48. The van der Waals surface area contributed by atoms with E-state index in [0.717, 1.165) is 0 Å². The molecule has 17 heavy (non-hydrogen) atoms. The fraction of sp³-hybridized carbons (Fsp3) is 0.364. The molecule has 0 aromatic heterocycles. The normalized spacial score (nSPS) is 23.3. The number of hydrogen-bond donors (Lipinski definition) is 0. The molecule has 0 radical (unpaired) electrons. The quantitative estimate of drug-likeness (QED) is 0.606. The first kappa shape index (κ1) is 11.9. The van der Waals surface area contributed by atoms with E-state index < -0.39 is 24.2 Å². The Morgan fingerprint density at radius 3 is 2.29 bits per heavy atom. The molecule has 0 bridgehead atoms. The fourth-order valence-electron chi connectivity index (χ4n) is 1.48. The van der Waals surface area contributed by atoms with E-state index in [4.69, 9.17) is 4.74 Å². The van der Waals surface area contributed by atoms with E-state index >= 15 is 0 Å². The molecule has 0 amide bonds. The van der Waals surface area contributed by atoms with Gasteiger partial charge in [0.1, 0.15) is 5.75 Å². The van der Waals surface area contributed by atoms with Crippen LogP contribution in [0.25, 0.3) is 0 Å². The third-order valence-corrected chi connectivity index (χ3v) is 2.45. The second kappa shape index (κ2) is 4.03. The van der Waals surface area contributed by atoms with Gasteiger partial charge in [-0.05, 0) is 24.3 Å². The highest BCUT2D eigenvalue weighted by molar-refractivity contribution is 6.01. The number of methoxy groups -OCH3 is 1. The van der Waals surface area contributed by atoms with Gasteiger partial charge in [-0.3, -0.25) is 4.79 Å². The van der Waals surface area contributed by atoms with Crippen LogP contribution >= 0.6 is 0 Å². The molecule has 1 aliphatic heterocycles. The summed E-state index contributed by atoms with van der Waals surface area (Å²) in [5, 5.41) is 0. The molecule has 0 N–H and O–H groups in total. The number of hydrogen-bond acceptors (Lipinski definition) is 3. The lowest BCUT2D eigenvalue weighted by Crippen LogP contribution is -2.22. The van der Waals surface area contributed by atoms with Crippen LogP contribution in [0, 0.1) is 0 Å². The van der Waals surface area contributed by atoms with Gasteiger partial charge in [0, 0.05) is 5.56 Å². The van der Waals surface area contributed by atoms with E-state index in [0.29, 0.717) is 5.75 Å². The predicted octanol–water partition coefficient (Wildman–Crippen LogP) is 2.21. The number of halogens is 3. The van der Waals surface area contributed by atoms with Crippen LogP contribution in [0.1, 0.15) is 10.4 Å². The molecule has 0 saturated carbocycles. The third kappa shape index (κ3) is 2.41. The average molecular weight is 246 g/mol. The highest BCUT2D eigenvalue weighted by atomic mass is 19.4. The molecule has 1 aromatic carbocycles. The summed E-state index contributed by atoms with van der Waals surface area (Å²) in [4.78, 5) is 11.6. The van der Waals surface area contributed by atoms with Gasteiger partial charge in [0.25, 0.3) is 0 Å². The summed E-state index contributed by atoms with van der Waals surface area (Å²) in [6, 6.07) is 5.85. The summed E-state index contributed by atoms with van der Waals surface area (Å²) in [6.07, 6.45) is -7.84. The number of ether oxygens (including phenoxy) is 2. The second-order valence-corrected chi connectivity index (χ2v) is 3.61. The summed E-state index contributed by atoms with van der Waals surface area (Å²) in [7, 11) is 1.46. The fourth-order valence-corrected chi connectivity index (χ4v) is 1.48. The van der Waals surface area contributed by atoms with E-state index in [1.807, 2.05) is 0 Å². The summed E-state index contributed by atoms with van der Waals surface area (Å²) in [5.41, 5.74) is 0.183. The van der Waals surface area contributed by atoms with Gasteiger partial charge in [0.05, 0.1) is 7.11 Å². The van der Waals surface area contributed by atoms with Gasteiger partial charge in [0.15, 0.2) is 18.0 Å². The smallest absolute Gasteiger partial charge is 0.417 e. The van der Waals surface area contributed by atoms with Crippen molar-refractivity contribution >= 4 is 5.78 Å². The molecule has 6 heteroatoms. The van der Waals surface area contributed by atoms with Crippen molar-refractivity contribution in [3.63, 3.8) is 0 Å². The van der Waals surface area contributed by atoms with Crippen molar-refractivity contribution in [2.24, 2.45) is 0 Å². The van der Waals surface area contributed by atoms with Crippen molar-refractivity contribution in [1.82, 2.24) is 0 Å². The van der Waals surface area contributed by atoms with Crippen LogP contribution < -0.4 is 4.74 Å². The van der Waals surface area contributed by atoms with Crippen LogP contribution in [-0.2, 0) is 4.74 Å². The molecular formula is C11H9F3O3. The maximum absolute atomic E-state index is 12.2. The van der Waals surface area contributed by atoms with E-state index in [2.05, 4.69) is 4.74 Å². The predicted molar refractivity (Wildman–Crippen MR) is 52.0 cm³/mol. The molecule has 0 aliphatic carbocycles. The number of Topliss-reactive ketones (excluding diaryl/α,β-unsaturated/α-hetero) is 1. The van der Waals surface area contributed by atoms with Gasteiger partial charge in [-0.15, -0.1) is 0 Å². The van der Waals surface area contributed by atoms with Crippen molar-refractivity contribution in [1.29, 1.82) is 0 Å². The molecule has 3 nitrogen and oxygen atoms in total. The minimum absolute atomic E-state index is 0.183. The Morgan fingerprint density at radius 1 is 1.29 bits per heavy atom. The molecule has 2 rings (SSSR count). The Kier molecular flexibility index (Phi) is 2.82. The van der Waals surface area contributed by atoms with Gasteiger partial charge in [-0.2, -0.15) is 13.2 Å². The lowest BCUT2D eigenvalue weighted by molar-refractivity contribution is -0.146. The van der Waals surface area contributed by atoms with Crippen LogP contribution in [0.4, 0.5) is 13.2 Å². The van der Waals surface area contributed by atoms with Crippen LogP contribution in [0.2, 0.25) is 0 Å². The van der Waals surface area contributed by atoms with Crippen LogP contribution in [0.5, 0.6) is 5.75 Å². The Morgan fingerprint density at radius 2 is 1.88 bits per heavy atom. The van der Waals surface area contributed by atoms with E-state index in [1.165, 1.54) is 31.4 Å². The molecule has 92 valence electrons. The first-order valence-electron chi connectivity index (χ1n) is 4.84. The van der Waals surface area contributed by atoms with Crippen LogP contribution in [-0.4, -0.2) is 31.3 Å². The third-order valence-electron chi connectivity index (χ3n) is 2.45. The van der Waals surface area contributed by atoms with Gasteiger partial charge < -0.3 is 9.47 Å². The molecule has 1 heterocycles. The Bertz CT molecular complexity index is 425. The van der Waals surface area contributed by atoms with Gasteiger partial charge in [-0.25, -0.2) is 0 Å². The molecule has 1 saturated heterocycles. The number of ketones is 1. The maximum Gasteiger partial charge on any atom is 0.417 e. The summed E-state index contributed by atoms with van der Waals surface area (Å²) < 4.78 is 45.8. The van der Waals surface area contributed by atoms with E-state index in [-0.39, 0.29) is 5.56 Å². The summed E-state index contributed by atoms with van der Waals surface area (Å²) in [5.74, 6) is -0.124. The van der Waals surface area contributed by atoms with E-state index in [1.54, 1.807) is 0 Å². The van der Waals surface area contributed by atoms with Crippen LogP contribution in [0.15, 0.2) is 24.3 Å². The lowest BCUT2D eigenvalue weighted by Gasteiger charge is -2.02. The first-order valence-corrected chi connectivity index (χ1v) is 4.84. The van der Waals surface area contributed by atoms with Gasteiger partial charge in [-0.1, -0.05) is 0 Å². The zero-order valence-corrected chi connectivity index (χ0v) is 8.82. The van der Waals surface area contributed by atoms with Crippen LogP contribution in [0.3, 0.4) is 0 Å². The van der Waals surface area contributed by atoms with Crippen molar-refractivity contribution in [3.05, 3.63) is 29.8 Å². The zero-order chi connectivity index (χ0) is 12.6. The van der Waals surface area contributed by atoms with Gasteiger partial charge in [0.2, 0.25) is 0 Å². The topological polar surface area (TPSA) is 38.8 Å². The molecule has 0 spiro atoms. The number of benzene rings is 1. The lowest BCUT2D eigenvalue weighted by atomic mass is 10.1. The number of carbonyl (C=O) groups excluding carboxylic acids is 1. The number of rotatable bonds is 3. The minimum Gasteiger partial charge on any atom is -0.497 e. The molecular weight excluding hydrogens is 237 g/mol. The second-order valence-electron chi connectivity index (χ2n) is 3.61. The van der Waals surface area contributed by atoms with Crippen molar-refractivity contribution in [3.8, 4) is 5.75 Å². The van der Waals surface area contributed by atoms with Crippen molar-refractivity contribution in [2.75, 3.05) is 7.11 Å². The number of alkyl halides is 3. The summed E-state index contributed by atoms with van der Waals surface area (Å²) in [6.45, 7) is 0. The molecule has 1 aliphatic rings. The first-order chi connectivity index (χ1) is 7.93. The maximum atomic E-state index is 12.2.